The lowest BCUT2D eigenvalue weighted by Gasteiger charge is -2.08. The largest absolute Gasteiger partial charge is 0.497 e. The van der Waals surface area contributed by atoms with Crippen LogP contribution < -0.4 is 4.74 Å². The van der Waals surface area contributed by atoms with E-state index in [1.165, 1.54) is 7.11 Å². The molecule has 1 unspecified atom stereocenters. The van der Waals surface area contributed by atoms with Crippen LogP contribution in [-0.2, 0) is 4.79 Å². The van der Waals surface area contributed by atoms with Gasteiger partial charge in [-0.05, 0) is 17.7 Å². The first-order chi connectivity index (χ1) is 7.06. The number of rotatable bonds is 4. The lowest BCUT2D eigenvalue weighted by atomic mass is 10.1. The third-order valence-corrected chi connectivity index (χ3v) is 2.32. The predicted octanol–water partition coefficient (Wildman–Crippen LogP) is 0.859. The van der Waals surface area contributed by atoms with E-state index in [0.717, 1.165) is 0 Å². The fourth-order valence-corrected chi connectivity index (χ4v) is 1.26. The van der Waals surface area contributed by atoms with Crippen LogP contribution in [0.1, 0.15) is 5.56 Å². The first kappa shape index (κ1) is 11.6. The van der Waals surface area contributed by atoms with Gasteiger partial charge in [-0.3, -0.25) is 0 Å². The van der Waals surface area contributed by atoms with Gasteiger partial charge in [-0.25, -0.2) is 4.79 Å². The Morgan fingerprint density at radius 1 is 1.40 bits per heavy atom. The van der Waals surface area contributed by atoms with E-state index >= 15 is 0 Å². The van der Waals surface area contributed by atoms with Gasteiger partial charge in [0.05, 0.1) is 12.0 Å². The van der Waals surface area contributed by atoms with E-state index in [-0.39, 0.29) is 4.86 Å². The van der Waals surface area contributed by atoms with Crippen molar-refractivity contribution in [2.45, 2.75) is 6.10 Å². The van der Waals surface area contributed by atoms with Gasteiger partial charge >= 0.3 is 5.97 Å². The molecule has 1 aromatic rings. The summed E-state index contributed by atoms with van der Waals surface area (Å²) in [6.45, 7) is 0. The quantitative estimate of drug-likeness (QED) is 0.588. The summed E-state index contributed by atoms with van der Waals surface area (Å²) in [5.74, 6) is -0.706. The zero-order valence-corrected chi connectivity index (χ0v) is 8.82. The molecule has 0 aliphatic carbocycles. The van der Waals surface area contributed by atoms with E-state index in [0.29, 0.717) is 11.3 Å². The summed E-state index contributed by atoms with van der Waals surface area (Å²) >= 11 is 4.83. The monoisotopic (exact) mass is 226 g/mol. The van der Waals surface area contributed by atoms with Gasteiger partial charge in [0.2, 0.25) is 0 Å². The summed E-state index contributed by atoms with van der Waals surface area (Å²) in [5.41, 5.74) is 0.501. The molecular weight excluding hydrogens is 216 g/mol. The molecule has 80 valence electrons. The minimum absolute atomic E-state index is 0.00912. The number of hydrogen-bond acceptors (Lipinski definition) is 4. The van der Waals surface area contributed by atoms with Gasteiger partial charge in [0.1, 0.15) is 5.75 Å². The molecule has 0 aliphatic heterocycles. The summed E-state index contributed by atoms with van der Waals surface area (Å²) in [6, 6.07) is 6.51. The van der Waals surface area contributed by atoms with Crippen molar-refractivity contribution < 1.29 is 19.7 Å². The SMILES string of the molecule is COc1ccc(C(=S)C(O)C(=O)O)cc1. The zero-order valence-electron chi connectivity index (χ0n) is 8.01. The number of ether oxygens (including phenoxy) is 1. The maximum Gasteiger partial charge on any atom is 0.338 e. The molecule has 5 heteroatoms. The molecule has 0 amide bonds. The van der Waals surface area contributed by atoms with Crippen molar-refractivity contribution in [3.05, 3.63) is 29.8 Å². The highest BCUT2D eigenvalue weighted by Crippen LogP contribution is 2.13. The van der Waals surface area contributed by atoms with Gasteiger partial charge in [-0.15, -0.1) is 0 Å². The van der Waals surface area contributed by atoms with E-state index in [2.05, 4.69) is 0 Å². The second kappa shape index (κ2) is 4.86. The van der Waals surface area contributed by atoms with Crippen LogP contribution in [0.2, 0.25) is 0 Å². The van der Waals surface area contributed by atoms with Crippen LogP contribution in [0.5, 0.6) is 5.75 Å². The Balaban J connectivity index is 2.87. The van der Waals surface area contributed by atoms with Crippen LogP contribution in [0.4, 0.5) is 0 Å². The lowest BCUT2D eigenvalue weighted by Crippen LogP contribution is -2.28. The number of carbonyl (C=O) groups is 1. The number of hydrogen-bond donors (Lipinski definition) is 2. The fraction of sp³-hybridized carbons (Fsp3) is 0.200. The Morgan fingerprint density at radius 2 is 1.93 bits per heavy atom. The van der Waals surface area contributed by atoms with Gasteiger partial charge in [0.15, 0.2) is 6.10 Å². The minimum atomic E-state index is -1.65. The van der Waals surface area contributed by atoms with E-state index in [1.54, 1.807) is 24.3 Å². The maximum atomic E-state index is 10.5. The lowest BCUT2D eigenvalue weighted by molar-refractivity contribution is -0.142. The van der Waals surface area contributed by atoms with Gasteiger partial charge < -0.3 is 14.9 Å². The van der Waals surface area contributed by atoms with Crippen LogP contribution in [-0.4, -0.2) is 34.3 Å². The third-order valence-electron chi connectivity index (χ3n) is 1.86. The molecule has 0 spiro atoms. The van der Waals surface area contributed by atoms with Crippen LogP contribution in [0.3, 0.4) is 0 Å². The molecule has 15 heavy (non-hydrogen) atoms. The van der Waals surface area contributed by atoms with E-state index in [4.69, 9.17) is 22.1 Å². The predicted molar refractivity (Wildman–Crippen MR) is 58.3 cm³/mol. The summed E-state index contributed by atoms with van der Waals surface area (Å²) < 4.78 is 4.93. The molecule has 0 bridgehead atoms. The van der Waals surface area contributed by atoms with Crippen molar-refractivity contribution in [1.82, 2.24) is 0 Å². The summed E-state index contributed by atoms with van der Waals surface area (Å²) in [5, 5.41) is 17.8. The molecule has 0 saturated heterocycles. The van der Waals surface area contributed by atoms with Gasteiger partial charge in [-0.2, -0.15) is 0 Å². The number of methoxy groups -OCH3 is 1. The molecule has 1 aromatic carbocycles. The first-order valence-electron chi connectivity index (χ1n) is 4.15. The topological polar surface area (TPSA) is 66.8 Å². The number of aliphatic hydroxyl groups excluding tert-OH is 1. The molecule has 0 saturated carbocycles. The summed E-state index contributed by atoms with van der Waals surface area (Å²) in [4.78, 5) is 10.5. The van der Waals surface area contributed by atoms with Gasteiger partial charge in [0.25, 0.3) is 0 Å². The number of benzene rings is 1. The van der Waals surface area contributed by atoms with Crippen molar-refractivity contribution in [1.29, 1.82) is 0 Å². The third kappa shape index (κ3) is 2.74. The second-order valence-corrected chi connectivity index (χ2v) is 3.27. The van der Waals surface area contributed by atoms with E-state index < -0.39 is 12.1 Å². The maximum absolute atomic E-state index is 10.5. The van der Waals surface area contributed by atoms with Crippen molar-refractivity contribution >= 4 is 23.1 Å². The Bertz CT molecular complexity index is 372. The average molecular weight is 226 g/mol. The number of carboxylic acids is 1. The minimum Gasteiger partial charge on any atom is -0.497 e. The van der Waals surface area contributed by atoms with Crippen LogP contribution >= 0.6 is 12.2 Å². The van der Waals surface area contributed by atoms with E-state index in [9.17, 15) is 9.90 Å². The highest BCUT2D eigenvalue weighted by atomic mass is 32.1. The molecule has 2 N–H and O–H groups in total. The average Bonchev–Trinajstić information content (AvgIpc) is 2.27. The Labute approximate surface area is 92.1 Å². The van der Waals surface area contributed by atoms with Crippen molar-refractivity contribution in [2.75, 3.05) is 7.11 Å². The second-order valence-electron chi connectivity index (χ2n) is 2.83. The molecule has 0 radical (unpaired) electrons. The normalized spacial score (nSPS) is 11.9. The number of carboxylic acid groups (broad SMARTS) is 1. The molecule has 0 aromatic heterocycles. The highest BCUT2D eigenvalue weighted by molar-refractivity contribution is 7.81. The molecule has 1 atom stereocenters. The zero-order chi connectivity index (χ0) is 11.4. The Hall–Kier alpha value is -1.46. The van der Waals surface area contributed by atoms with Crippen molar-refractivity contribution in [3.63, 3.8) is 0 Å². The molecule has 0 heterocycles. The number of aliphatic carboxylic acids is 1. The van der Waals surface area contributed by atoms with Crippen molar-refractivity contribution in [3.8, 4) is 5.75 Å². The smallest absolute Gasteiger partial charge is 0.338 e. The summed E-state index contributed by atoms with van der Waals surface area (Å²) in [7, 11) is 1.53. The Morgan fingerprint density at radius 3 is 2.33 bits per heavy atom. The van der Waals surface area contributed by atoms with Gasteiger partial charge in [-0.1, -0.05) is 24.4 Å². The summed E-state index contributed by atoms with van der Waals surface area (Å²) in [6.07, 6.45) is -1.65. The molecule has 0 fully saturated rings. The molecule has 1 rings (SSSR count). The standard InChI is InChI=1S/C10H10O4S/c1-14-7-4-2-6(3-5-7)9(15)8(11)10(12)13/h2-5,8,11H,1H3,(H,12,13). The van der Waals surface area contributed by atoms with Crippen LogP contribution in [0.15, 0.2) is 24.3 Å². The molecular formula is C10H10O4S. The number of aliphatic hydroxyl groups is 1. The van der Waals surface area contributed by atoms with E-state index in [1.807, 2.05) is 0 Å². The van der Waals surface area contributed by atoms with Crippen LogP contribution in [0, 0.1) is 0 Å². The highest BCUT2D eigenvalue weighted by Gasteiger charge is 2.20. The first-order valence-corrected chi connectivity index (χ1v) is 4.56. The Kier molecular flexibility index (Phi) is 3.76. The molecule has 4 nitrogen and oxygen atoms in total. The number of thiocarbonyl (C=S) groups is 1. The van der Waals surface area contributed by atoms with Crippen LogP contribution in [0.25, 0.3) is 0 Å². The van der Waals surface area contributed by atoms with Gasteiger partial charge in [0, 0.05) is 0 Å². The molecule has 0 aliphatic rings. The fourth-order valence-electron chi connectivity index (χ4n) is 1.03. The van der Waals surface area contributed by atoms with Crippen molar-refractivity contribution in [2.24, 2.45) is 0 Å².